The van der Waals surface area contributed by atoms with Gasteiger partial charge < -0.3 is 29.7 Å². The van der Waals surface area contributed by atoms with Gasteiger partial charge >= 0.3 is 24.4 Å². The smallest absolute Gasteiger partial charge is 0.547 e. The van der Waals surface area contributed by atoms with Crippen molar-refractivity contribution in [3.63, 3.8) is 0 Å². The van der Waals surface area contributed by atoms with Gasteiger partial charge in [0.15, 0.2) is 0 Å². The Bertz CT molecular complexity index is 1320. The maximum Gasteiger partial charge on any atom is 3.00 e. The topological polar surface area (TPSA) is 120 Å². The van der Waals surface area contributed by atoms with Crippen LogP contribution in [0.15, 0.2) is 0 Å². The Morgan fingerprint density at radius 3 is 0.372 bits per heavy atom. The number of unbranched alkanes of at least 4 members (excludes halogenated alkanes) is 18. The van der Waals surface area contributed by atoms with Crippen molar-refractivity contribution in [2.24, 2.45) is 53.3 Å². The van der Waals surface area contributed by atoms with Gasteiger partial charge in [-0.05, 0) is 163 Å². The molecule has 0 atom stereocenters. The van der Waals surface area contributed by atoms with Crippen molar-refractivity contribution < 1.29 is 29.7 Å². The number of carbonyl (C=O) groups is 3. The molecule has 0 aromatic rings. The third-order valence-corrected chi connectivity index (χ3v) is 31.9. The van der Waals surface area contributed by atoms with E-state index in [0.717, 1.165) is 163 Å². The fourth-order valence-electron chi connectivity index (χ4n) is 10.2. The second-order valence-electron chi connectivity index (χ2n) is 30.4. The van der Waals surface area contributed by atoms with Gasteiger partial charge in [0.25, 0.3) is 0 Å². The Balaban J connectivity index is -0.000000643. The second kappa shape index (κ2) is 69.7. The summed E-state index contributed by atoms with van der Waals surface area (Å²) in [6, 6.07) is 0. The zero-order valence-electron chi connectivity index (χ0n) is 64.6. The summed E-state index contributed by atoms with van der Waals surface area (Å²) in [6.07, 6.45) is 43.5. The van der Waals surface area contributed by atoms with Crippen molar-refractivity contribution in [2.75, 3.05) is 51.8 Å². The van der Waals surface area contributed by atoms with E-state index in [4.69, 9.17) is 0 Å². The molecule has 0 saturated heterocycles. The molecule has 0 amide bonds. The van der Waals surface area contributed by atoms with Crippen LogP contribution in [0.3, 0.4) is 0 Å². The standard InChI is InChI=1S/3C26H52O2S3.Sb/c3*1-22(2)16-10-7-13-19-29-26(25(27)28,30-20-14-8-11-17-23(3)4)31-21-15-9-12-18-24(5)6;/h3*22-24H,7-21H2,1-6H3,(H,27,28);/q;;;+3/p-3. The molecule has 0 aliphatic carbocycles. The van der Waals surface area contributed by atoms with Crippen molar-refractivity contribution in [1.29, 1.82) is 0 Å². The molecule has 0 spiro atoms. The number of thioether (sulfide) groups is 9. The van der Waals surface area contributed by atoms with Crippen molar-refractivity contribution >= 4 is 148 Å². The molecule has 0 aromatic heterocycles. The molecular formula is C78H153O6S9Sb. The summed E-state index contributed by atoms with van der Waals surface area (Å²) in [4.78, 5) is 36.8. The van der Waals surface area contributed by atoms with E-state index in [2.05, 4.69) is 125 Å². The Morgan fingerprint density at radius 2 is 0.298 bits per heavy atom. The van der Waals surface area contributed by atoms with Crippen molar-refractivity contribution in [2.45, 2.75) is 366 Å². The van der Waals surface area contributed by atoms with Crippen LogP contribution in [0.5, 0.6) is 0 Å². The predicted molar refractivity (Wildman–Crippen MR) is 441 cm³/mol. The summed E-state index contributed by atoms with van der Waals surface area (Å²) in [5, 5.41) is 36.8. The van der Waals surface area contributed by atoms with E-state index < -0.39 is 28.1 Å². The summed E-state index contributed by atoms with van der Waals surface area (Å²) < 4.78 is -2.48. The Morgan fingerprint density at radius 1 is 0.202 bits per heavy atom. The average molecular weight is 1600 g/mol. The van der Waals surface area contributed by atoms with Gasteiger partial charge in [0.05, 0.1) is 17.9 Å². The Labute approximate surface area is 642 Å². The normalized spacial score (nSPS) is 12.3. The number of rotatable bonds is 66. The van der Waals surface area contributed by atoms with Crippen LogP contribution in [0.4, 0.5) is 0 Å². The maximum atomic E-state index is 12.3. The summed E-state index contributed by atoms with van der Waals surface area (Å²) in [5.41, 5.74) is 0. The maximum absolute atomic E-state index is 12.3. The summed E-state index contributed by atoms with van der Waals surface area (Å²) in [5.74, 6) is 12.5. The monoisotopic (exact) mass is 1590 g/mol. The number of carboxylic acids is 3. The van der Waals surface area contributed by atoms with Crippen LogP contribution in [-0.2, 0) is 14.4 Å². The van der Waals surface area contributed by atoms with Crippen molar-refractivity contribution in [3.8, 4) is 0 Å². The molecule has 0 unspecified atom stereocenters. The molecule has 0 aliphatic heterocycles. The van der Waals surface area contributed by atoms with Crippen LogP contribution in [0.2, 0.25) is 0 Å². The molecule has 2 radical (unpaired) electrons. The summed E-state index contributed by atoms with van der Waals surface area (Å²) in [7, 11) is 0. The zero-order chi connectivity index (χ0) is 70.6. The fourth-order valence-corrected chi connectivity index (χ4v) is 24.4. The van der Waals surface area contributed by atoms with Crippen LogP contribution in [0.25, 0.3) is 0 Å². The van der Waals surface area contributed by atoms with Crippen LogP contribution < -0.4 is 15.3 Å². The van der Waals surface area contributed by atoms with E-state index in [9.17, 15) is 29.7 Å². The minimum atomic E-state index is -0.876. The van der Waals surface area contributed by atoms with Crippen LogP contribution in [-0.4, -0.2) is 104 Å². The van der Waals surface area contributed by atoms with Crippen molar-refractivity contribution in [3.05, 3.63) is 0 Å². The predicted octanol–water partition coefficient (Wildman–Crippen LogP) is 24.3. The first-order chi connectivity index (χ1) is 44.1. The van der Waals surface area contributed by atoms with Gasteiger partial charge in [-0.25, -0.2) is 0 Å². The molecule has 0 fully saturated rings. The quantitative estimate of drug-likeness (QED) is 0.0326. The van der Waals surface area contributed by atoms with Crippen LogP contribution in [0, 0.1) is 53.3 Å². The van der Waals surface area contributed by atoms with Gasteiger partial charge in [-0.3, -0.25) is 0 Å². The van der Waals surface area contributed by atoms with E-state index in [0.29, 0.717) is 0 Å². The van der Waals surface area contributed by atoms with Crippen molar-refractivity contribution in [1.82, 2.24) is 0 Å². The molecule has 560 valence electrons. The molecular weight excluding hydrogens is 1440 g/mol. The molecule has 0 N–H and O–H groups in total. The Hall–Kier alpha value is 2.38. The van der Waals surface area contributed by atoms with E-state index in [1.54, 1.807) is 106 Å². The number of aliphatic carboxylic acids is 3. The van der Waals surface area contributed by atoms with Gasteiger partial charge in [0.1, 0.15) is 10.2 Å². The van der Waals surface area contributed by atoms with Crippen LogP contribution >= 0.6 is 106 Å². The number of hydrogen-bond acceptors (Lipinski definition) is 15. The van der Waals surface area contributed by atoms with E-state index in [1.165, 1.54) is 173 Å². The van der Waals surface area contributed by atoms with E-state index in [1.807, 2.05) is 0 Å². The second-order valence-corrected chi connectivity index (χ2v) is 44.5. The Kier molecular flexibility index (Phi) is 76.2. The van der Waals surface area contributed by atoms with Gasteiger partial charge in [-0.2, -0.15) is 0 Å². The molecule has 6 nitrogen and oxygen atoms in total. The van der Waals surface area contributed by atoms with Gasteiger partial charge in [-0.1, -0.05) is 298 Å². The molecule has 16 heteroatoms. The molecule has 94 heavy (non-hydrogen) atoms. The third kappa shape index (κ3) is 67.5. The molecule has 0 heterocycles. The largest absolute Gasteiger partial charge is 3.00 e. The number of carboxylic acid groups (broad SMARTS) is 3. The SMILES string of the molecule is CC(C)CCCCCSC(SCCCCCC(C)C)(SCCCCCC(C)C)C(=O)[O-].CC(C)CCCCCSC(SCCCCCC(C)C)(SCCCCCC(C)C)C(=O)[O-].CC(C)CCCCCSC(SCCCCCC(C)C)(SCCCCCC(C)C)C(=O)[O-].[Sb+3]. The molecule has 0 aliphatic rings. The fraction of sp³-hybridized carbons (Fsp3) is 0.962. The number of carbonyl (C=O) groups excluding carboxylic acids is 3. The van der Waals surface area contributed by atoms with E-state index in [-0.39, 0.29) is 24.4 Å². The molecule has 0 saturated carbocycles. The third-order valence-electron chi connectivity index (χ3n) is 16.2. The minimum absolute atomic E-state index is 0. The molecule has 0 bridgehead atoms. The van der Waals surface area contributed by atoms with E-state index >= 15 is 0 Å². The van der Waals surface area contributed by atoms with Gasteiger partial charge in [-0.15, -0.1) is 106 Å². The van der Waals surface area contributed by atoms with Gasteiger partial charge in [0.2, 0.25) is 0 Å². The zero-order valence-corrected chi connectivity index (χ0v) is 74.5. The minimum Gasteiger partial charge on any atom is -0.547 e. The van der Waals surface area contributed by atoms with Gasteiger partial charge in [0, 0.05) is 0 Å². The first kappa shape index (κ1) is 103. The van der Waals surface area contributed by atoms with Crippen LogP contribution in [0.1, 0.15) is 356 Å². The average Bonchev–Trinajstić information content (AvgIpc) is 0.929. The molecule has 0 rings (SSSR count). The first-order valence-corrected chi connectivity index (χ1v) is 47.3. The first-order valence-electron chi connectivity index (χ1n) is 38.5. The summed E-state index contributed by atoms with van der Waals surface area (Å²) in [6.45, 7) is 40.8. The summed E-state index contributed by atoms with van der Waals surface area (Å²) >= 11 is 14.7. The number of hydrogen-bond donors (Lipinski definition) is 0. The molecule has 0 aromatic carbocycles.